The van der Waals surface area contributed by atoms with Crippen molar-refractivity contribution in [3.8, 4) is 11.1 Å². The summed E-state index contributed by atoms with van der Waals surface area (Å²) in [7, 11) is 0. The van der Waals surface area contributed by atoms with E-state index in [9.17, 15) is 4.79 Å². The van der Waals surface area contributed by atoms with Gasteiger partial charge in [0.15, 0.2) is 0 Å². The van der Waals surface area contributed by atoms with E-state index >= 15 is 0 Å². The first-order valence-electron chi connectivity index (χ1n) is 5.76. The number of benzene rings is 2. The lowest BCUT2D eigenvalue weighted by Crippen LogP contribution is -1.93. The molecule has 1 nitrogen and oxygen atoms in total. The number of aryl methyl sites for hydroxylation is 1. The zero-order valence-corrected chi connectivity index (χ0v) is 10.4. The molecule has 0 fully saturated rings. The Morgan fingerprint density at radius 1 is 0.824 bits per heavy atom. The molecule has 0 bridgehead atoms. The Balaban J connectivity index is 2.69. The third kappa shape index (κ3) is 2.01. The van der Waals surface area contributed by atoms with Crippen LogP contribution in [-0.4, -0.2) is 6.29 Å². The van der Waals surface area contributed by atoms with Crippen LogP contribution in [0, 0.1) is 20.8 Å². The van der Waals surface area contributed by atoms with Crippen molar-refractivity contribution in [1.29, 1.82) is 0 Å². The minimum absolute atomic E-state index is 0.767. The van der Waals surface area contributed by atoms with Gasteiger partial charge in [-0.3, -0.25) is 4.79 Å². The average Bonchev–Trinajstić information content (AvgIpc) is 2.33. The molecule has 0 aromatic heterocycles. The van der Waals surface area contributed by atoms with Crippen molar-refractivity contribution < 1.29 is 4.79 Å². The zero-order valence-electron chi connectivity index (χ0n) is 10.4. The van der Waals surface area contributed by atoms with Crippen molar-refractivity contribution in [2.24, 2.45) is 0 Å². The summed E-state index contributed by atoms with van der Waals surface area (Å²) in [5.41, 5.74) is 6.73. The van der Waals surface area contributed by atoms with E-state index in [4.69, 9.17) is 0 Å². The van der Waals surface area contributed by atoms with Crippen molar-refractivity contribution in [3.63, 3.8) is 0 Å². The molecule has 0 aliphatic rings. The lowest BCUT2D eigenvalue weighted by atomic mass is 9.92. The number of rotatable bonds is 2. The molecular formula is C16H16O. The summed E-state index contributed by atoms with van der Waals surface area (Å²) in [6, 6.07) is 12.1. The van der Waals surface area contributed by atoms with Gasteiger partial charge in [0.25, 0.3) is 0 Å². The molecule has 0 N–H and O–H groups in total. The van der Waals surface area contributed by atoms with Gasteiger partial charge in [-0.1, -0.05) is 36.4 Å². The van der Waals surface area contributed by atoms with E-state index in [0.29, 0.717) is 0 Å². The molecule has 0 unspecified atom stereocenters. The van der Waals surface area contributed by atoms with E-state index < -0.39 is 0 Å². The van der Waals surface area contributed by atoms with Crippen molar-refractivity contribution in [3.05, 3.63) is 58.7 Å². The molecular weight excluding hydrogens is 208 g/mol. The van der Waals surface area contributed by atoms with E-state index in [1.165, 1.54) is 16.7 Å². The minimum atomic E-state index is 0.767. The molecule has 2 aromatic carbocycles. The quantitative estimate of drug-likeness (QED) is 0.702. The lowest BCUT2D eigenvalue weighted by molar-refractivity contribution is 0.112. The van der Waals surface area contributed by atoms with Crippen LogP contribution < -0.4 is 0 Å². The fourth-order valence-corrected chi connectivity index (χ4v) is 2.12. The van der Waals surface area contributed by atoms with Crippen LogP contribution in [0.1, 0.15) is 27.0 Å². The SMILES string of the molecule is Cc1cccc(-c2cccc(C=O)c2C)c1C. The minimum Gasteiger partial charge on any atom is -0.298 e. The number of aldehydes is 1. The van der Waals surface area contributed by atoms with E-state index in [0.717, 1.165) is 23.0 Å². The molecule has 0 saturated heterocycles. The summed E-state index contributed by atoms with van der Waals surface area (Å²) < 4.78 is 0. The van der Waals surface area contributed by atoms with Crippen molar-refractivity contribution >= 4 is 6.29 Å². The highest BCUT2D eigenvalue weighted by molar-refractivity contribution is 5.83. The fraction of sp³-hybridized carbons (Fsp3) is 0.188. The number of hydrogen-bond donors (Lipinski definition) is 0. The fourth-order valence-electron chi connectivity index (χ4n) is 2.12. The summed E-state index contributed by atoms with van der Waals surface area (Å²) >= 11 is 0. The van der Waals surface area contributed by atoms with Crippen molar-refractivity contribution in [2.75, 3.05) is 0 Å². The Morgan fingerprint density at radius 3 is 2.06 bits per heavy atom. The Morgan fingerprint density at radius 2 is 1.41 bits per heavy atom. The van der Waals surface area contributed by atoms with Gasteiger partial charge >= 0.3 is 0 Å². The number of carbonyl (C=O) groups excluding carboxylic acids is 1. The monoisotopic (exact) mass is 224 g/mol. The first-order valence-corrected chi connectivity index (χ1v) is 5.76. The molecule has 2 aromatic rings. The number of hydrogen-bond acceptors (Lipinski definition) is 1. The summed E-state index contributed by atoms with van der Waals surface area (Å²) in [6.45, 7) is 6.23. The Labute approximate surface area is 102 Å². The molecule has 0 spiro atoms. The van der Waals surface area contributed by atoms with Crippen LogP contribution in [-0.2, 0) is 0 Å². The van der Waals surface area contributed by atoms with Gasteiger partial charge < -0.3 is 0 Å². The Hall–Kier alpha value is -1.89. The predicted molar refractivity (Wildman–Crippen MR) is 71.5 cm³/mol. The van der Waals surface area contributed by atoms with E-state index in [1.807, 2.05) is 19.1 Å². The van der Waals surface area contributed by atoms with Gasteiger partial charge in [0, 0.05) is 5.56 Å². The lowest BCUT2D eigenvalue weighted by Gasteiger charge is -2.12. The third-order valence-electron chi connectivity index (χ3n) is 3.40. The van der Waals surface area contributed by atoms with Crippen LogP contribution >= 0.6 is 0 Å². The second-order valence-electron chi connectivity index (χ2n) is 4.39. The second kappa shape index (κ2) is 4.54. The van der Waals surface area contributed by atoms with Gasteiger partial charge in [0.05, 0.1) is 0 Å². The predicted octanol–water partition coefficient (Wildman–Crippen LogP) is 4.09. The first kappa shape index (κ1) is 11.6. The van der Waals surface area contributed by atoms with Gasteiger partial charge in [-0.05, 0) is 48.6 Å². The van der Waals surface area contributed by atoms with Gasteiger partial charge in [-0.2, -0.15) is 0 Å². The highest BCUT2D eigenvalue weighted by Gasteiger charge is 2.08. The maximum Gasteiger partial charge on any atom is 0.150 e. The standard InChI is InChI=1S/C16H16O/c1-11-6-4-8-15(12(11)2)16-9-5-7-14(10-17)13(16)3/h4-10H,1-3H3. The first-order chi connectivity index (χ1) is 8.15. The molecule has 0 amide bonds. The van der Waals surface area contributed by atoms with Crippen molar-refractivity contribution in [1.82, 2.24) is 0 Å². The van der Waals surface area contributed by atoms with Crippen LogP contribution in [0.3, 0.4) is 0 Å². The highest BCUT2D eigenvalue weighted by Crippen LogP contribution is 2.29. The molecule has 86 valence electrons. The average molecular weight is 224 g/mol. The molecule has 17 heavy (non-hydrogen) atoms. The third-order valence-corrected chi connectivity index (χ3v) is 3.40. The largest absolute Gasteiger partial charge is 0.298 e. The molecule has 2 rings (SSSR count). The topological polar surface area (TPSA) is 17.1 Å². The maximum absolute atomic E-state index is 11.0. The van der Waals surface area contributed by atoms with E-state index in [-0.39, 0.29) is 0 Å². The van der Waals surface area contributed by atoms with Gasteiger partial charge in [-0.25, -0.2) is 0 Å². The van der Waals surface area contributed by atoms with Crippen LogP contribution in [0.4, 0.5) is 0 Å². The van der Waals surface area contributed by atoms with Gasteiger partial charge in [-0.15, -0.1) is 0 Å². The molecule has 1 heteroatoms. The summed E-state index contributed by atoms with van der Waals surface area (Å²) in [6.07, 6.45) is 0.921. The van der Waals surface area contributed by atoms with Crippen LogP contribution in [0.2, 0.25) is 0 Å². The molecule has 0 saturated carbocycles. The number of carbonyl (C=O) groups is 1. The second-order valence-corrected chi connectivity index (χ2v) is 4.39. The smallest absolute Gasteiger partial charge is 0.150 e. The summed E-state index contributed by atoms with van der Waals surface area (Å²) in [5.74, 6) is 0. The van der Waals surface area contributed by atoms with Crippen LogP contribution in [0.25, 0.3) is 11.1 Å². The molecule has 0 aliphatic heterocycles. The Bertz CT molecular complexity index is 568. The maximum atomic E-state index is 11.0. The normalized spacial score (nSPS) is 10.3. The Kier molecular flexibility index (Phi) is 3.10. The zero-order chi connectivity index (χ0) is 12.4. The van der Waals surface area contributed by atoms with E-state index in [1.54, 1.807) is 0 Å². The van der Waals surface area contributed by atoms with E-state index in [2.05, 4.69) is 38.1 Å². The summed E-state index contributed by atoms with van der Waals surface area (Å²) in [5, 5.41) is 0. The van der Waals surface area contributed by atoms with Gasteiger partial charge in [0.2, 0.25) is 0 Å². The van der Waals surface area contributed by atoms with Crippen LogP contribution in [0.5, 0.6) is 0 Å². The molecule has 0 atom stereocenters. The molecule has 0 radical (unpaired) electrons. The molecule has 0 aliphatic carbocycles. The van der Waals surface area contributed by atoms with Gasteiger partial charge in [0.1, 0.15) is 6.29 Å². The molecule has 0 heterocycles. The highest BCUT2D eigenvalue weighted by atomic mass is 16.1. The van der Waals surface area contributed by atoms with Crippen LogP contribution in [0.15, 0.2) is 36.4 Å². The van der Waals surface area contributed by atoms with Crippen molar-refractivity contribution in [2.45, 2.75) is 20.8 Å². The summed E-state index contributed by atoms with van der Waals surface area (Å²) in [4.78, 5) is 11.0.